The minimum atomic E-state index is 0.0609. The second-order valence-corrected chi connectivity index (χ2v) is 6.76. The van der Waals surface area contributed by atoms with E-state index in [0.717, 1.165) is 19.5 Å². The molecule has 1 aromatic rings. The van der Waals surface area contributed by atoms with E-state index in [-0.39, 0.29) is 5.54 Å². The van der Waals surface area contributed by atoms with Gasteiger partial charge in [-0.05, 0) is 56.3 Å². The smallest absolute Gasteiger partial charge is 0.0343 e. The average molecular weight is 290 g/mol. The standard InChI is InChI=1S/C19H34N2/c1-6-12-21(13-7-2)19(5,15-20)14-17-8-10-18(11-9-17)16(3)4/h8-11,16H,6-7,12-15,20H2,1-5H3. The summed E-state index contributed by atoms with van der Waals surface area (Å²) in [7, 11) is 0. The first-order chi connectivity index (χ1) is 9.96. The topological polar surface area (TPSA) is 29.3 Å². The van der Waals surface area contributed by atoms with Crippen molar-refractivity contribution in [2.45, 2.75) is 65.3 Å². The molecule has 0 saturated carbocycles. The highest BCUT2D eigenvalue weighted by molar-refractivity contribution is 5.26. The maximum atomic E-state index is 6.15. The second kappa shape index (κ2) is 8.55. The lowest BCUT2D eigenvalue weighted by Gasteiger charge is -2.41. The number of hydrogen-bond donors (Lipinski definition) is 1. The molecular formula is C19H34N2. The van der Waals surface area contributed by atoms with Crippen molar-refractivity contribution in [2.75, 3.05) is 19.6 Å². The van der Waals surface area contributed by atoms with E-state index >= 15 is 0 Å². The Morgan fingerprint density at radius 1 is 1.05 bits per heavy atom. The third-order valence-electron chi connectivity index (χ3n) is 4.42. The minimum absolute atomic E-state index is 0.0609. The highest BCUT2D eigenvalue weighted by Gasteiger charge is 2.29. The summed E-state index contributed by atoms with van der Waals surface area (Å²) >= 11 is 0. The Labute approximate surface area is 131 Å². The van der Waals surface area contributed by atoms with Crippen molar-refractivity contribution in [3.63, 3.8) is 0 Å². The number of benzene rings is 1. The SMILES string of the molecule is CCCN(CCC)C(C)(CN)Cc1ccc(C(C)C)cc1. The van der Waals surface area contributed by atoms with E-state index in [4.69, 9.17) is 5.73 Å². The normalized spacial score (nSPS) is 14.7. The van der Waals surface area contributed by atoms with Crippen LogP contribution in [0.2, 0.25) is 0 Å². The molecule has 1 unspecified atom stereocenters. The summed E-state index contributed by atoms with van der Waals surface area (Å²) in [6.07, 6.45) is 3.39. The lowest BCUT2D eigenvalue weighted by atomic mass is 9.89. The minimum Gasteiger partial charge on any atom is -0.329 e. The van der Waals surface area contributed by atoms with E-state index in [1.165, 1.54) is 24.0 Å². The van der Waals surface area contributed by atoms with Crippen LogP contribution in [0.25, 0.3) is 0 Å². The molecule has 0 spiro atoms. The highest BCUT2D eigenvalue weighted by atomic mass is 15.2. The Balaban J connectivity index is 2.87. The van der Waals surface area contributed by atoms with E-state index in [0.29, 0.717) is 12.5 Å². The fourth-order valence-corrected chi connectivity index (χ4v) is 2.96. The van der Waals surface area contributed by atoms with E-state index in [2.05, 4.69) is 63.8 Å². The second-order valence-electron chi connectivity index (χ2n) is 6.76. The van der Waals surface area contributed by atoms with Gasteiger partial charge in [0.15, 0.2) is 0 Å². The molecular weight excluding hydrogens is 256 g/mol. The molecule has 21 heavy (non-hydrogen) atoms. The Morgan fingerprint density at radius 2 is 1.57 bits per heavy atom. The predicted octanol–water partition coefficient (Wildman–Crippen LogP) is 4.19. The molecule has 0 amide bonds. The molecule has 0 radical (unpaired) electrons. The third kappa shape index (κ3) is 5.12. The molecule has 1 aromatic carbocycles. The molecule has 0 aliphatic heterocycles. The largest absolute Gasteiger partial charge is 0.329 e. The van der Waals surface area contributed by atoms with Gasteiger partial charge in [-0.2, -0.15) is 0 Å². The molecule has 0 aromatic heterocycles. The van der Waals surface area contributed by atoms with Gasteiger partial charge in [0, 0.05) is 12.1 Å². The van der Waals surface area contributed by atoms with Gasteiger partial charge in [0.1, 0.15) is 0 Å². The zero-order valence-electron chi connectivity index (χ0n) is 14.7. The number of nitrogens with zero attached hydrogens (tertiary/aromatic N) is 1. The van der Waals surface area contributed by atoms with Crippen molar-refractivity contribution in [1.29, 1.82) is 0 Å². The Morgan fingerprint density at radius 3 is 1.95 bits per heavy atom. The molecule has 2 N–H and O–H groups in total. The van der Waals surface area contributed by atoms with Crippen LogP contribution in [0.5, 0.6) is 0 Å². The van der Waals surface area contributed by atoms with Crippen LogP contribution in [0.1, 0.15) is 64.5 Å². The first-order valence-corrected chi connectivity index (χ1v) is 8.50. The lowest BCUT2D eigenvalue weighted by molar-refractivity contribution is 0.110. The van der Waals surface area contributed by atoms with Gasteiger partial charge in [-0.15, -0.1) is 0 Å². The van der Waals surface area contributed by atoms with Gasteiger partial charge in [-0.25, -0.2) is 0 Å². The Kier molecular flexibility index (Phi) is 7.41. The fraction of sp³-hybridized carbons (Fsp3) is 0.684. The van der Waals surface area contributed by atoms with Crippen LogP contribution >= 0.6 is 0 Å². The van der Waals surface area contributed by atoms with Gasteiger partial charge < -0.3 is 5.73 Å². The monoisotopic (exact) mass is 290 g/mol. The molecule has 0 saturated heterocycles. The third-order valence-corrected chi connectivity index (χ3v) is 4.42. The van der Waals surface area contributed by atoms with Gasteiger partial charge in [0.2, 0.25) is 0 Å². The van der Waals surface area contributed by atoms with Gasteiger partial charge in [-0.3, -0.25) is 4.90 Å². The maximum absolute atomic E-state index is 6.15. The molecule has 1 atom stereocenters. The summed E-state index contributed by atoms with van der Waals surface area (Å²) in [6.45, 7) is 14.3. The van der Waals surface area contributed by atoms with Crippen molar-refractivity contribution < 1.29 is 0 Å². The van der Waals surface area contributed by atoms with Crippen molar-refractivity contribution in [3.05, 3.63) is 35.4 Å². The zero-order chi connectivity index (χ0) is 15.9. The predicted molar refractivity (Wildman–Crippen MR) is 93.8 cm³/mol. The maximum Gasteiger partial charge on any atom is 0.0343 e. The number of hydrogen-bond acceptors (Lipinski definition) is 2. The first-order valence-electron chi connectivity index (χ1n) is 8.50. The highest BCUT2D eigenvalue weighted by Crippen LogP contribution is 2.22. The van der Waals surface area contributed by atoms with Gasteiger partial charge in [0.05, 0.1) is 0 Å². The van der Waals surface area contributed by atoms with E-state index in [1.807, 2.05) is 0 Å². The summed E-state index contributed by atoms with van der Waals surface area (Å²) in [5, 5.41) is 0. The number of rotatable bonds is 9. The lowest BCUT2D eigenvalue weighted by Crippen LogP contribution is -2.53. The molecule has 2 nitrogen and oxygen atoms in total. The van der Waals surface area contributed by atoms with Crippen molar-refractivity contribution in [2.24, 2.45) is 5.73 Å². The summed E-state index contributed by atoms with van der Waals surface area (Å²) in [6, 6.07) is 9.08. The van der Waals surface area contributed by atoms with E-state index < -0.39 is 0 Å². The molecule has 120 valence electrons. The zero-order valence-corrected chi connectivity index (χ0v) is 14.7. The molecule has 0 aliphatic carbocycles. The average Bonchev–Trinajstić information content (AvgIpc) is 2.47. The summed E-state index contributed by atoms with van der Waals surface area (Å²) in [5.74, 6) is 0.594. The van der Waals surface area contributed by atoms with Crippen LogP contribution in [-0.2, 0) is 6.42 Å². The fourth-order valence-electron chi connectivity index (χ4n) is 2.96. The van der Waals surface area contributed by atoms with E-state index in [1.54, 1.807) is 0 Å². The summed E-state index contributed by atoms with van der Waals surface area (Å²) in [5.41, 5.74) is 9.02. The molecule has 0 aliphatic rings. The van der Waals surface area contributed by atoms with Crippen molar-refractivity contribution in [1.82, 2.24) is 4.90 Å². The summed E-state index contributed by atoms with van der Waals surface area (Å²) in [4.78, 5) is 2.57. The molecule has 0 fully saturated rings. The van der Waals surface area contributed by atoms with E-state index in [9.17, 15) is 0 Å². The Bertz CT molecular complexity index is 391. The van der Waals surface area contributed by atoms with Crippen molar-refractivity contribution >= 4 is 0 Å². The summed E-state index contributed by atoms with van der Waals surface area (Å²) < 4.78 is 0. The van der Waals surface area contributed by atoms with Crippen LogP contribution in [0, 0.1) is 0 Å². The Hall–Kier alpha value is -0.860. The molecule has 2 heteroatoms. The van der Waals surface area contributed by atoms with Gasteiger partial charge >= 0.3 is 0 Å². The first kappa shape index (κ1) is 18.2. The number of nitrogens with two attached hydrogens (primary N) is 1. The van der Waals surface area contributed by atoms with Crippen LogP contribution in [0.4, 0.5) is 0 Å². The molecule has 0 heterocycles. The van der Waals surface area contributed by atoms with Gasteiger partial charge in [0.25, 0.3) is 0 Å². The van der Waals surface area contributed by atoms with Gasteiger partial charge in [-0.1, -0.05) is 52.0 Å². The molecule has 1 rings (SSSR count). The van der Waals surface area contributed by atoms with Crippen LogP contribution in [-0.4, -0.2) is 30.1 Å². The van der Waals surface area contributed by atoms with Crippen molar-refractivity contribution in [3.8, 4) is 0 Å². The quantitative estimate of drug-likeness (QED) is 0.739. The van der Waals surface area contributed by atoms with Crippen LogP contribution in [0.3, 0.4) is 0 Å². The molecule has 0 bridgehead atoms. The van der Waals surface area contributed by atoms with Crippen LogP contribution < -0.4 is 5.73 Å². The van der Waals surface area contributed by atoms with Crippen LogP contribution in [0.15, 0.2) is 24.3 Å².